The Morgan fingerprint density at radius 1 is 0.496 bits per heavy atom. The van der Waals surface area contributed by atoms with Crippen molar-refractivity contribution >= 4 is 32.4 Å². The van der Waals surface area contributed by atoms with Gasteiger partial charge in [0.05, 0.1) is 73.2 Å². The maximum absolute atomic E-state index is 12.7. The van der Waals surface area contributed by atoms with Gasteiger partial charge in [-0.2, -0.15) is 0 Å². The first-order valence-electron chi connectivity index (χ1n) is 47.7. The molecular formula is C98H170N4O18Si. The molecule has 694 valence electrons. The van der Waals surface area contributed by atoms with Gasteiger partial charge in [0, 0.05) is 102 Å². The summed E-state index contributed by atoms with van der Waals surface area (Å²) in [6, 6.07) is 3.27. The Labute approximate surface area is 731 Å². The first-order chi connectivity index (χ1) is 55.3. The number of rotatable bonds is 19. The van der Waals surface area contributed by atoms with Gasteiger partial charge in [0.1, 0.15) is 11.2 Å². The largest absolute Gasteiger partial charge is 0.457 e. The van der Waals surface area contributed by atoms with Gasteiger partial charge in [-0.15, -0.1) is 0 Å². The summed E-state index contributed by atoms with van der Waals surface area (Å²) in [5, 5.41) is 35.2. The lowest BCUT2D eigenvalue weighted by Crippen LogP contribution is -2.61. The molecule has 0 aromatic carbocycles. The van der Waals surface area contributed by atoms with E-state index in [-0.39, 0.29) is 131 Å². The van der Waals surface area contributed by atoms with Crippen LogP contribution in [-0.2, 0) is 61.4 Å². The molecule has 4 spiro atoms. The molecule has 10 saturated carbocycles. The zero-order valence-electron chi connectivity index (χ0n) is 78.4. The predicted octanol–water partition coefficient (Wildman–Crippen LogP) is 17.1. The fraction of sp³-hybridized carbons (Fsp3) is 0.959. The molecule has 3 N–H and O–H groups in total. The maximum atomic E-state index is 12.7. The van der Waals surface area contributed by atoms with E-state index in [0.29, 0.717) is 77.8 Å². The monoisotopic (exact) mass is 1720 g/mol. The zero-order valence-corrected chi connectivity index (χ0v) is 79.4. The normalized spacial score (nSPS) is 44.0. The van der Waals surface area contributed by atoms with Crippen molar-refractivity contribution in [1.29, 1.82) is 0 Å². The lowest BCUT2D eigenvalue weighted by atomic mass is 9.41. The van der Waals surface area contributed by atoms with Crippen molar-refractivity contribution in [2.75, 3.05) is 78.7 Å². The average molecular weight is 1720 g/mol. The van der Waals surface area contributed by atoms with Gasteiger partial charge in [0.25, 0.3) is 0 Å². The van der Waals surface area contributed by atoms with E-state index in [1.165, 1.54) is 71.6 Å². The van der Waals surface area contributed by atoms with E-state index in [4.69, 9.17) is 51.8 Å². The number of likely N-dealkylation sites (tertiary alicyclic amines) is 2. The highest BCUT2D eigenvalue weighted by molar-refractivity contribution is 6.73. The summed E-state index contributed by atoms with van der Waals surface area (Å²) in [4.78, 5) is 58.3. The number of fused-ring (bicyclic) bond motifs is 8. The molecule has 16 fully saturated rings. The third-order valence-electron chi connectivity index (χ3n) is 37.6. The second-order valence-corrected chi connectivity index (χ2v) is 52.4. The number of ether oxygens (including phenoxy) is 10. The summed E-state index contributed by atoms with van der Waals surface area (Å²) in [6.45, 7) is 62.5. The van der Waals surface area contributed by atoms with Crippen LogP contribution in [0.25, 0.3) is 0 Å². The molecule has 6 saturated heterocycles. The number of amides is 2. The number of esters is 2. The summed E-state index contributed by atoms with van der Waals surface area (Å²) in [7, 11) is -2.10. The van der Waals surface area contributed by atoms with Crippen molar-refractivity contribution in [3.63, 3.8) is 0 Å². The quantitative estimate of drug-likeness (QED) is 0.0618. The van der Waals surface area contributed by atoms with Crippen LogP contribution < -0.4 is 0 Å². The van der Waals surface area contributed by atoms with Crippen molar-refractivity contribution in [2.24, 2.45) is 113 Å². The van der Waals surface area contributed by atoms with Crippen LogP contribution in [0, 0.1) is 113 Å². The molecule has 121 heavy (non-hydrogen) atoms. The SMILES string of the molecule is C.C.CC(=O)O[C@@H]([C@H]1C[C@@H](C)[C@H]2[C@H](O1)[C@H](O)[C@@]1(C)[C@@H]3CC[C@H]4C(C)(C)[C@@H](O[C@H]5CN(CC6CN(C(=O)OC(C)(C)C)C6)CCO5)CCC45C[C@@]35CC[C@]21C)C(C)(C)O.CC[Si](CC)(CC)O[C@H]1[C@H]2O[C@@H]([C@H](OC(C)=O)C(C)(C)O)C[C@@H](C)[C@@H]2[C@@]2(C)CC[C@@]34CC35CC[C@H](O[C@H]3CN(CC6CN(C(=O)OC(C)(C)C)C6)CCO3)C(C)(C)[C@@H]5CC[C@H]4[C@]12C. The van der Waals surface area contributed by atoms with E-state index in [9.17, 15) is 34.5 Å². The Hall–Kier alpha value is -2.78. The van der Waals surface area contributed by atoms with Crippen LogP contribution in [0.5, 0.6) is 0 Å². The van der Waals surface area contributed by atoms with Gasteiger partial charge in [0.15, 0.2) is 33.1 Å². The summed E-state index contributed by atoms with van der Waals surface area (Å²) >= 11 is 0. The first kappa shape index (κ1) is 95.8. The molecule has 22 nitrogen and oxygen atoms in total. The molecule has 2 amide bonds. The van der Waals surface area contributed by atoms with E-state index < -0.39 is 67.2 Å². The van der Waals surface area contributed by atoms with Crippen molar-refractivity contribution in [3.05, 3.63) is 0 Å². The molecule has 16 rings (SSSR count). The third kappa shape index (κ3) is 15.9. The second kappa shape index (κ2) is 32.9. The molecule has 6 aliphatic heterocycles. The molecule has 28 atom stereocenters. The van der Waals surface area contributed by atoms with Crippen LogP contribution in [0.2, 0.25) is 18.1 Å². The first-order valence-corrected chi connectivity index (χ1v) is 50.2. The van der Waals surface area contributed by atoms with E-state index in [0.717, 1.165) is 122 Å². The molecule has 0 aromatic heterocycles. The molecular weight excluding hydrogens is 1550 g/mol. The average Bonchev–Trinajstić information content (AvgIpc) is 1.46. The lowest BCUT2D eigenvalue weighted by molar-refractivity contribution is -0.249. The Morgan fingerprint density at radius 3 is 1.24 bits per heavy atom. The number of hydrogen-bond donors (Lipinski definition) is 3. The molecule has 23 heteroatoms. The fourth-order valence-electron chi connectivity index (χ4n) is 31.9. The van der Waals surface area contributed by atoms with Gasteiger partial charge in [-0.25, -0.2) is 9.59 Å². The summed E-state index contributed by atoms with van der Waals surface area (Å²) in [5.74, 6) is 3.30. The maximum Gasteiger partial charge on any atom is 0.410 e. The summed E-state index contributed by atoms with van der Waals surface area (Å²) in [5.41, 5.74) is -2.76. The minimum atomic E-state index is -2.10. The van der Waals surface area contributed by atoms with Crippen molar-refractivity contribution in [3.8, 4) is 0 Å². The van der Waals surface area contributed by atoms with Gasteiger partial charge < -0.3 is 76.9 Å². The number of hydrogen-bond acceptors (Lipinski definition) is 20. The molecule has 0 bridgehead atoms. The number of aliphatic hydroxyl groups is 3. The molecule has 0 aromatic rings. The second-order valence-electron chi connectivity index (χ2n) is 47.7. The highest BCUT2D eigenvalue weighted by Crippen LogP contribution is 2.92. The Morgan fingerprint density at radius 2 is 0.860 bits per heavy atom. The lowest BCUT2D eigenvalue weighted by Gasteiger charge is -2.64. The van der Waals surface area contributed by atoms with E-state index in [2.05, 4.69) is 99.8 Å². The topological polar surface area (TPSA) is 243 Å². The van der Waals surface area contributed by atoms with E-state index >= 15 is 0 Å². The molecule has 0 radical (unpaired) electrons. The molecule has 10 aliphatic carbocycles. The van der Waals surface area contributed by atoms with Gasteiger partial charge in [-0.05, 0) is 281 Å². The van der Waals surface area contributed by atoms with Crippen LogP contribution in [-0.4, -0.2) is 242 Å². The fourth-order valence-corrected chi connectivity index (χ4v) is 34.8. The van der Waals surface area contributed by atoms with Crippen LogP contribution in [0.1, 0.15) is 291 Å². The van der Waals surface area contributed by atoms with Crippen LogP contribution in [0.15, 0.2) is 0 Å². The minimum absolute atomic E-state index is 0. The number of carbonyl (C=O) groups excluding carboxylic acids is 4. The smallest absolute Gasteiger partial charge is 0.410 e. The Balaban J connectivity index is 0.000000207. The van der Waals surface area contributed by atoms with Crippen molar-refractivity contribution < 1.29 is 86.3 Å². The highest BCUT2D eigenvalue weighted by Gasteiger charge is 2.87. The summed E-state index contributed by atoms with van der Waals surface area (Å²) in [6.07, 6.45) is 13.7. The van der Waals surface area contributed by atoms with Gasteiger partial charge in [-0.1, -0.05) is 105 Å². The zero-order chi connectivity index (χ0) is 86.5. The van der Waals surface area contributed by atoms with Gasteiger partial charge in [-0.3, -0.25) is 19.4 Å². The van der Waals surface area contributed by atoms with Gasteiger partial charge >= 0.3 is 24.1 Å². The predicted molar refractivity (Wildman–Crippen MR) is 470 cm³/mol. The number of morpholine rings is 2. The number of carbonyl (C=O) groups is 4. The van der Waals surface area contributed by atoms with Gasteiger partial charge in [0.2, 0.25) is 0 Å². The Bertz CT molecular complexity index is 3700. The van der Waals surface area contributed by atoms with E-state index in [1.807, 2.05) is 51.3 Å². The number of aliphatic hydroxyl groups excluding tert-OH is 1. The summed E-state index contributed by atoms with van der Waals surface area (Å²) < 4.78 is 71.8. The highest BCUT2D eigenvalue weighted by atomic mass is 28.4. The van der Waals surface area contributed by atoms with Crippen molar-refractivity contribution in [1.82, 2.24) is 19.6 Å². The minimum Gasteiger partial charge on any atom is -0.457 e. The number of nitrogens with zero attached hydrogens (tertiary/aromatic N) is 4. The molecule has 16 aliphatic rings. The van der Waals surface area contributed by atoms with E-state index in [1.54, 1.807) is 27.7 Å². The van der Waals surface area contributed by atoms with Crippen molar-refractivity contribution in [2.45, 2.75) is 405 Å². The van der Waals surface area contributed by atoms with Crippen LogP contribution in [0.3, 0.4) is 0 Å². The molecule has 2 unspecified atom stereocenters. The standard InChI is InChI=1S/C51H88N2O9Si.C45H74N2O9.2CH4/c1-15-63(16-2,17-3)62-43-41-40(32(4)26-35(59-41)42(47(11,12)56)58-33(5)54)48(13)22-23-51-31-50(51)21-20-38(46(9,10)36(50)18-19-37(51)49(43,48)14)60-39-30-52(24-25-57-39)27-34-28-53(29-34)44(55)61-45(6,7)8;1-26-20-29(37(41(8,9)51)53-27(2)48)54-35-34(26)42(10)16-17-45-25-44(45)15-14-32(40(6,7)30(44)12-13-31(45)43(42,11)36(35)49)55-33-24-46(18-19-52-33)21-28-22-47(23-28)38(50)56-39(3,4)5;;/h32,34-43,56H,15-31H2,1-14H3;26,28-37,49,51H,12-25H2,1-11H3;2*1H4/t32-,35-,36+,37+,38+,39+,40+,41+,42+,43+,48-,49-,50?,51+;26-,29-,30+,31+,32+,33+,34+,35+,36+,37+,42-,43-,44?,45+;;/m11../s1. The van der Waals surface area contributed by atoms with Crippen LogP contribution in [0.4, 0.5) is 9.59 Å². The van der Waals surface area contributed by atoms with Crippen LogP contribution >= 0.6 is 0 Å². The molecule has 6 heterocycles. The third-order valence-corrected chi connectivity index (χ3v) is 42.2. The Kier molecular flexibility index (Phi) is 26.1.